The molecular weight excluding hydrogens is 693 g/mol. The Bertz CT molecular complexity index is 1880. The van der Waals surface area contributed by atoms with Crippen LogP contribution in [0.15, 0.2) is 30.5 Å². The quantitative estimate of drug-likeness (QED) is 0.232. The molecule has 3 fully saturated rings. The number of hydrogen-bond acceptors (Lipinski definition) is 9. The number of hydrogen-bond donors (Lipinski definition) is 0. The number of carbonyl (C=O) groups excluding carboxylic acids is 3. The molecule has 12 nitrogen and oxygen atoms in total. The molecule has 14 heteroatoms. The van der Waals surface area contributed by atoms with Crippen molar-refractivity contribution in [1.29, 1.82) is 0 Å². The summed E-state index contributed by atoms with van der Waals surface area (Å²) in [7, 11) is 4.83. The molecule has 2 aliphatic heterocycles. The van der Waals surface area contributed by atoms with E-state index in [1.165, 1.54) is 17.9 Å². The third-order valence-electron chi connectivity index (χ3n) is 11.5. The maximum absolute atomic E-state index is 16.0. The minimum absolute atomic E-state index is 0.0154. The number of nitrogens with zero attached hydrogens (tertiary/aromatic N) is 5. The van der Waals surface area contributed by atoms with Gasteiger partial charge in [0.1, 0.15) is 30.4 Å². The van der Waals surface area contributed by atoms with Gasteiger partial charge < -0.3 is 28.7 Å². The molecular formula is C38H45ClFN5O7. The van der Waals surface area contributed by atoms with E-state index in [-0.39, 0.29) is 54.3 Å². The van der Waals surface area contributed by atoms with Gasteiger partial charge in [-0.15, -0.1) is 5.10 Å². The summed E-state index contributed by atoms with van der Waals surface area (Å²) in [5, 5.41) is 8.27. The Morgan fingerprint density at radius 2 is 1.90 bits per heavy atom. The monoisotopic (exact) mass is 737 g/mol. The number of likely N-dealkylation sites (tertiary alicyclic amines) is 1. The Morgan fingerprint density at radius 1 is 1.10 bits per heavy atom. The van der Waals surface area contributed by atoms with Crippen LogP contribution in [0.5, 0.6) is 17.2 Å². The van der Waals surface area contributed by atoms with Crippen LogP contribution in [0.2, 0.25) is 5.02 Å². The number of methoxy groups -OCH3 is 2. The van der Waals surface area contributed by atoms with Crippen LogP contribution in [0, 0.1) is 22.6 Å². The average Bonchev–Trinajstić information content (AvgIpc) is 3.64. The molecule has 0 radical (unpaired) electrons. The summed E-state index contributed by atoms with van der Waals surface area (Å²) in [6.07, 6.45) is 6.94. The first-order chi connectivity index (χ1) is 24.9. The second-order valence-electron chi connectivity index (χ2n) is 15.0. The number of carbonyl (C=O) groups is 3. The number of rotatable bonds is 11. The molecule has 0 unspecified atom stereocenters. The van der Waals surface area contributed by atoms with Gasteiger partial charge in [0.25, 0.3) is 0 Å². The molecule has 7 rings (SSSR count). The van der Waals surface area contributed by atoms with Gasteiger partial charge in [-0.1, -0.05) is 29.7 Å². The first-order valence-corrected chi connectivity index (χ1v) is 18.3. The highest BCUT2D eigenvalue weighted by molar-refractivity contribution is 6.31. The van der Waals surface area contributed by atoms with E-state index in [1.807, 2.05) is 6.92 Å². The number of aryl methyl sites for hydroxylation is 1. The normalized spacial score (nSPS) is 23.4. The maximum atomic E-state index is 16.0. The third kappa shape index (κ3) is 6.79. The van der Waals surface area contributed by atoms with Crippen LogP contribution in [-0.2, 0) is 45.8 Å². The molecule has 1 aromatic heterocycles. The van der Waals surface area contributed by atoms with Crippen molar-refractivity contribution >= 4 is 29.4 Å². The van der Waals surface area contributed by atoms with Crippen LogP contribution in [-0.4, -0.2) is 76.4 Å². The zero-order valence-electron chi connectivity index (χ0n) is 30.1. The Labute approximate surface area is 307 Å². The second kappa shape index (κ2) is 14.2. The molecule has 278 valence electrons. The smallest absolute Gasteiger partial charge is 0.312 e. The van der Waals surface area contributed by atoms with Gasteiger partial charge in [0, 0.05) is 55.3 Å². The molecule has 3 aromatic rings. The largest absolute Gasteiger partial charge is 0.497 e. The van der Waals surface area contributed by atoms with Gasteiger partial charge in [-0.25, -0.2) is 4.39 Å². The topological polar surface area (TPSA) is 125 Å². The number of ether oxygens (including phenoxy) is 4. The van der Waals surface area contributed by atoms with E-state index in [1.54, 1.807) is 48.4 Å². The molecule has 2 amide bonds. The number of fused-ring (bicyclic) bond motifs is 1. The van der Waals surface area contributed by atoms with Crippen molar-refractivity contribution in [2.24, 2.45) is 23.8 Å². The highest BCUT2D eigenvalue weighted by Gasteiger charge is 2.54. The van der Waals surface area contributed by atoms with Crippen LogP contribution in [0.3, 0.4) is 0 Å². The van der Waals surface area contributed by atoms with Gasteiger partial charge in [-0.3, -0.25) is 19.1 Å². The summed E-state index contributed by atoms with van der Waals surface area (Å²) < 4.78 is 40.4. The van der Waals surface area contributed by atoms with Crippen LogP contribution < -0.4 is 14.2 Å². The predicted octanol–water partition coefficient (Wildman–Crippen LogP) is 5.58. The zero-order valence-corrected chi connectivity index (χ0v) is 30.8. The molecule has 0 bridgehead atoms. The van der Waals surface area contributed by atoms with Crippen molar-refractivity contribution in [1.82, 2.24) is 24.8 Å². The molecule has 3 heterocycles. The first-order valence-electron chi connectivity index (χ1n) is 17.9. The lowest BCUT2D eigenvalue weighted by atomic mass is 9.66. The van der Waals surface area contributed by atoms with Crippen LogP contribution in [0.25, 0.3) is 0 Å². The average molecular weight is 738 g/mol. The van der Waals surface area contributed by atoms with Crippen molar-refractivity contribution in [3.8, 4) is 17.2 Å². The minimum Gasteiger partial charge on any atom is -0.497 e. The molecule has 52 heavy (non-hydrogen) atoms. The lowest BCUT2D eigenvalue weighted by Gasteiger charge is -2.45. The SMILES string of the molecule is COc1ccc(COC(=O)[C@@]2(C)CCCC[C@H]2C(=O)N2CCc3c(Cl)cc(F)c(OCc4cn(C)nn4)c3[C@H]2CN2CC3(CC3)CC2=O)c(OC)c1. The Balaban J connectivity index is 1.20. The van der Waals surface area contributed by atoms with E-state index in [0.29, 0.717) is 66.1 Å². The van der Waals surface area contributed by atoms with Crippen molar-refractivity contribution in [3.63, 3.8) is 0 Å². The van der Waals surface area contributed by atoms with Crippen LogP contribution in [0.1, 0.15) is 80.3 Å². The van der Waals surface area contributed by atoms with E-state index in [4.69, 9.17) is 30.5 Å². The number of aromatic nitrogens is 3. The number of halogens is 2. The zero-order chi connectivity index (χ0) is 36.8. The van der Waals surface area contributed by atoms with Gasteiger partial charge in [0.05, 0.1) is 37.8 Å². The Hall–Kier alpha value is -4.39. The van der Waals surface area contributed by atoms with E-state index in [9.17, 15) is 14.4 Å². The fourth-order valence-electron chi connectivity index (χ4n) is 8.34. The standard InChI is InChI=1S/C38H45ClFN5O7/c1-37(36(48)52-20-23-8-9-25(49-3)15-31(23)50-4)11-6-5-7-27(37)35(47)45-14-10-26-28(39)16-29(40)34(51-21-24-18-43(2)42-41-24)33(26)30(45)19-44-22-38(12-13-38)17-32(44)46/h8-9,15-16,18,27,30H,5-7,10-14,17,19-22H2,1-4H3/t27-,30+,37-/m0/s1. The van der Waals surface area contributed by atoms with E-state index in [2.05, 4.69) is 10.3 Å². The molecule has 4 aliphatic rings. The lowest BCUT2D eigenvalue weighted by molar-refractivity contribution is -0.169. The Kier molecular flexibility index (Phi) is 9.83. The Morgan fingerprint density at radius 3 is 2.60 bits per heavy atom. The summed E-state index contributed by atoms with van der Waals surface area (Å²) in [5.74, 6) is -0.946. The van der Waals surface area contributed by atoms with E-state index >= 15 is 4.39 Å². The molecule has 3 atom stereocenters. The summed E-state index contributed by atoms with van der Waals surface area (Å²) in [5.41, 5.74) is 1.16. The highest BCUT2D eigenvalue weighted by atomic mass is 35.5. The molecule has 2 saturated carbocycles. The van der Waals surface area contributed by atoms with Crippen LogP contribution >= 0.6 is 11.6 Å². The van der Waals surface area contributed by atoms with E-state index < -0.39 is 29.2 Å². The number of amides is 2. The van der Waals surface area contributed by atoms with Gasteiger partial charge in [0.2, 0.25) is 11.8 Å². The number of esters is 1. The van der Waals surface area contributed by atoms with Crippen molar-refractivity contribution < 1.29 is 37.7 Å². The summed E-state index contributed by atoms with van der Waals surface area (Å²) >= 11 is 6.71. The molecule has 2 aromatic carbocycles. The van der Waals surface area contributed by atoms with Gasteiger partial charge in [-0.2, -0.15) is 0 Å². The van der Waals surface area contributed by atoms with Gasteiger partial charge in [0.15, 0.2) is 11.6 Å². The van der Waals surface area contributed by atoms with Crippen molar-refractivity contribution in [3.05, 3.63) is 63.7 Å². The number of benzene rings is 2. The summed E-state index contributed by atoms with van der Waals surface area (Å²) in [4.78, 5) is 46.0. The van der Waals surface area contributed by atoms with E-state index in [0.717, 1.165) is 25.7 Å². The first kappa shape index (κ1) is 36.0. The van der Waals surface area contributed by atoms with Crippen LogP contribution in [0.4, 0.5) is 4.39 Å². The predicted molar refractivity (Wildman–Crippen MR) is 187 cm³/mol. The second-order valence-corrected chi connectivity index (χ2v) is 15.4. The fourth-order valence-corrected chi connectivity index (χ4v) is 8.63. The molecule has 0 N–H and O–H groups in total. The summed E-state index contributed by atoms with van der Waals surface area (Å²) in [6, 6.07) is 5.76. The van der Waals surface area contributed by atoms with Gasteiger partial charge in [-0.05, 0) is 68.2 Å². The van der Waals surface area contributed by atoms with Crippen molar-refractivity contribution in [2.75, 3.05) is 33.9 Å². The fraction of sp³-hybridized carbons (Fsp3) is 0.553. The molecule has 2 aliphatic carbocycles. The molecule has 1 saturated heterocycles. The maximum Gasteiger partial charge on any atom is 0.312 e. The summed E-state index contributed by atoms with van der Waals surface area (Å²) in [6.45, 7) is 2.74. The van der Waals surface area contributed by atoms with Gasteiger partial charge >= 0.3 is 5.97 Å². The van der Waals surface area contributed by atoms with Crippen molar-refractivity contribution in [2.45, 2.75) is 77.5 Å². The third-order valence-corrected chi connectivity index (χ3v) is 11.9. The lowest BCUT2D eigenvalue weighted by Crippen LogP contribution is -2.53. The minimum atomic E-state index is -1.12. The highest BCUT2D eigenvalue weighted by Crippen LogP contribution is 2.54. The molecule has 1 spiro atoms.